The molecule has 0 spiro atoms. The van der Waals surface area contributed by atoms with Gasteiger partial charge in [0.15, 0.2) is 34.9 Å². The third kappa shape index (κ3) is 5.95. The fourth-order valence-electron chi connectivity index (χ4n) is 1.93. The number of rotatable bonds is 8. The van der Waals surface area contributed by atoms with E-state index in [-0.39, 0.29) is 5.69 Å². The Balaban J connectivity index is 1.84. The Morgan fingerprint density at radius 2 is 1.96 bits per heavy atom. The van der Waals surface area contributed by atoms with Crippen LogP contribution in [0, 0.1) is 23.4 Å². The van der Waals surface area contributed by atoms with E-state index >= 15 is 0 Å². The normalized spacial score (nSPS) is 10.7. The fourth-order valence-corrected chi connectivity index (χ4v) is 2.64. The van der Waals surface area contributed by atoms with Crippen LogP contribution in [-0.4, -0.2) is 30.0 Å². The van der Waals surface area contributed by atoms with Gasteiger partial charge in [-0.2, -0.15) is 0 Å². The molecule has 2 rings (SSSR count). The zero-order valence-electron chi connectivity index (χ0n) is 14.6. The number of amides is 1. The summed E-state index contributed by atoms with van der Waals surface area (Å²) in [6.45, 7) is 4.15. The van der Waals surface area contributed by atoms with Crippen molar-refractivity contribution < 1.29 is 27.5 Å². The molecule has 6 nitrogen and oxygen atoms in total. The van der Waals surface area contributed by atoms with Gasteiger partial charge in [0.05, 0.1) is 5.69 Å². The first-order valence-electron chi connectivity index (χ1n) is 8.07. The Bertz CT molecular complexity index is 827. The number of halogens is 3. The Morgan fingerprint density at radius 3 is 2.67 bits per heavy atom. The Morgan fingerprint density at radius 1 is 1.22 bits per heavy atom. The number of thiazole rings is 1. The lowest BCUT2D eigenvalue weighted by Gasteiger charge is -2.07. The van der Waals surface area contributed by atoms with Crippen LogP contribution in [0.25, 0.3) is 0 Å². The first kappa shape index (κ1) is 20.7. The summed E-state index contributed by atoms with van der Waals surface area (Å²) in [5, 5.41) is 7.11. The predicted molar refractivity (Wildman–Crippen MR) is 95.3 cm³/mol. The molecule has 1 heterocycles. The number of anilines is 2. The van der Waals surface area contributed by atoms with Crippen molar-refractivity contribution in [2.75, 3.05) is 23.8 Å². The molecule has 2 aromatic rings. The Kier molecular flexibility index (Phi) is 7.17. The summed E-state index contributed by atoms with van der Waals surface area (Å²) < 4.78 is 44.2. The van der Waals surface area contributed by atoms with Gasteiger partial charge in [-0.15, -0.1) is 11.3 Å². The topological polar surface area (TPSA) is 80.3 Å². The Hall–Kier alpha value is -2.62. The standard InChI is InChI=1S/C17H18F3N3O3S/c1-9(2)5-6-21-17-23-12(8-27-17)16(25)26-7-13(24)22-11-4-3-10(18)14(19)15(11)20/h3-4,8-9H,5-7H2,1-2H3,(H,21,23)(H,22,24). The van der Waals surface area contributed by atoms with E-state index in [1.54, 1.807) is 0 Å². The molecule has 146 valence electrons. The molecule has 1 aromatic carbocycles. The summed E-state index contributed by atoms with van der Waals surface area (Å²) in [7, 11) is 0. The van der Waals surface area contributed by atoms with Gasteiger partial charge in [-0.1, -0.05) is 13.8 Å². The zero-order chi connectivity index (χ0) is 20.0. The average Bonchev–Trinajstić information content (AvgIpc) is 3.09. The van der Waals surface area contributed by atoms with Crippen molar-refractivity contribution in [3.05, 3.63) is 40.7 Å². The van der Waals surface area contributed by atoms with Crippen LogP contribution in [-0.2, 0) is 9.53 Å². The van der Waals surface area contributed by atoms with Crippen molar-refractivity contribution in [1.29, 1.82) is 0 Å². The van der Waals surface area contributed by atoms with Crippen LogP contribution < -0.4 is 10.6 Å². The monoisotopic (exact) mass is 401 g/mol. The molecule has 2 N–H and O–H groups in total. The molecule has 10 heteroatoms. The van der Waals surface area contributed by atoms with E-state index in [4.69, 9.17) is 4.74 Å². The van der Waals surface area contributed by atoms with E-state index in [2.05, 4.69) is 24.1 Å². The zero-order valence-corrected chi connectivity index (χ0v) is 15.5. The SMILES string of the molecule is CC(C)CCNc1nc(C(=O)OCC(=O)Nc2ccc(F)c(F)c2F)cs1. The first-order valence-corrected chi connectivity index (χ1v) is 8.95. The second kappa shape index (κ2) is 9.36. The molecule has 0 radical (unpaired) electrons. The van der Waals surface area contributed by atoms with Crippen molar-refractivity contribution in [2.45, 2.75) is 20.3 Å². The molecule has 0 atom stereocenters. The van der Waals surface area contributed by atoms with Crippen molar-refractivity contribution in [1.82, 2.24) is 4.98 Å². The van der Waals surface area contributed by atoms with Crippen molar-refractivity contribution in [3.63, 3.8) is 0 Å². The second-order valence-corrected chi connectivity index (χ2v) is 6.85. The number of nitrogens with zero attached hydrogens (tertiary/aromatic N) is 1. The molecule has 0 fully saturated rings. The van der Waals surface area contributed by atoms with Crippen molar-refractivity contribution in [2.24, 2.45) is 5.92 Å². The summed E-state index contributed by atoms with van der Waals surface area (Å²) in [6, 6.07) is 1.53. The van der Waals surface area contributed by atoms with Gasteiger partial charge in [-0.3, -0.25) is 4.79 Å². The molecule has 1 aromatic heterocycles. The molecule has 0 bridgehead atoms. The smallest absolute Gasteiger partial charge is 0.358 e. The van der Waals surface area contributed by atoms with Crippen LogP contribution in [0.4, 0.5) is 24.0 Å². The number of esters is 1. The van der Waals surface area contributed by atoms with Crippen LogP contribution in [0.2, 0.25) is 0 Å². The Labute approximate surface area is 157 Å². The quantitative estimate of drug-likeness (QED) is 0.519. The molecule has 0 saturated heterocycles. The van der Waals surface area contributed by atoms with Crippen LogP contribution >= 0.6 is 11.3 Å². The second-order valence-electron chi connectivity index (χ2n) is 5.99. The van der Waals surface area contributed by atoms with E-state index in [0.29, 0.717) is 23.7 Å². The molecule has 1 amide bonds. The molecule has 0 aliphatic carbocycles. The summed E-state index contributed by atoms with van der Waals surface area (Å²) >= 11 is 1.22. The maximum Gasteiger partial charge on any atom is 0.358 e. The summed E-state index contributed by atoms with van der Waals surface area (Å²) in [4.78, 5) is 27.7. The van der Waals surface area contributed by atoms with Gasteiger partial charge < -0.3 is 15.4 Å². The minimum absolute atomic E-state index is 0.0267. The van der Waals surface area contributed by atoms with Crippen LogP contribution in [0.15, 0.2) is 17.5 Å². The van der Waals surface area contributed by atoms with Crippen LogP contribution in [0.3, 0.4) is 0 Å². The number of ether oxygens (including phenoxy) is 1. The molecular formula is C17H18F3N3O3S. The van der Waals surface area contributed by atoms with E-state index in [9.17, 15) is 22.8 Å². The lowest BCUT2D eigenvalue weighted by atomic mass is 10.1. The minimum Gasteiger partial charge on any atom is -0.451 e. The lowest BCUT2D eigenvalue weighted by molar-refractivity contribution is -0.119. The van der Waals surface area contributed by atoms with Gasteiger partial charge in [0.2, 0.25) is 0 Å². The highest BCUT2D eigenvalue weighted by Crippen LogP contribution is 2.20. The molecular weight excluding hydrogens is 383 g/mol. The summed E-state index contributed by atoms with van der Waals surface area (Å²) in [5.74, 6) is -5.82. The van der Waals surface area contributed by atoms with Gasteiger partial charge in [0.1, 0.15) is 0 Å². The highest BCUT2D eigenvalue weighted by molar-refractivity contribution is 7.13. The third-order valence-corrected chi connectivity index (χ3v) is 4.15. The van der Waals surface area contributed by atoms with Crippen molar-refractivity contribution in [3.8, 4) is 0 Å². The van der Waals surface area contributed by atoms with E-state index in [0.717, 1.165) is 12.5 Å². The fraction of sp³-hybridized carbons (Fsp3) is 0.353. The van der Waals surface area contributed by atoms with Gasteiger partial charge in [0, 0.05) is 11.9 Å². The highest BCUT2D eigenvalue weighted by Gasteiger charge is 2.17. The molecule has 0 aliphatic heterocycles. The maximum absolute atomic E-state index is 13.5. The van der Waals surface area contributed by atoms with Crippen molar-refractivity contribution >= 4 is 34.0 Å². The van der Waals surface area contributed by atoms with Crippen LogP contribution in [0.1, 0.15) is 30.8 Å². The minimum atomic E-state index is -1.70. The summed E-state index contributed by atoms with van der Waals surface area (Å²) in [5.41, 5.74) is -0.529. The first-order chi connectivity index (χ1) is 12.8. The molecule has 0 saturated carbocycles. The number of nitrogens with one attached hydrogen (secondary N) is 2. The van der Waals surface area contributed by atoms with E-state index in [1.807, 2.05) is 5.32 Å². The molecule has 0 aliphatic rings. The van der Waals surface area contributed by atoms with E-state index < -0.39 is 41.6 Å². The van der Waals surface area contributed by atoms with E-state index in [1.165, 1.54) is 16.7 Å². The third-order valence-electron chi connectivity index (χ3n) is 3.35. The number of benzene rings is 1. The van der Waals surface area contributed by atoms with Gasteiger partial charge in [0.25, 0.3) is 5.91 Å². The summed E-state index contributed by atoms with van der Waals surface area (Å²) in [6.07, 6.45) is 0.945. The van der Waals surface area contributed by atoms with Crippen LogP contribution in [0.5, 0.6) is 0 Å². The molecule has 0 unspecified atom stereocenters. The predicted octanol–water partition coefficient (Wildman–Crippen LogP) is 3.81. The lowest BCUT2D eigenvalue weighted by Crippen LogP contribution is -2.22. The average molecular weight is 401 g/mol. The number of hydrogen-bond donors (Lipinski definition) is 2. The number of hydrogen-bond acceptors (Lipinski definition) is 6. The number of carbonyl (C=O) groups excluding carboxylic acids is 2. The molecule has 27 heavy (non-hydrogen) atoms. The highest BCUT2D eigenvalue weighted by atomic mass is 32.1. The number of carbonyl (C=O) groups is 2. The number of aromatic nitrogens is 1. The largest absolute Gasteiger partial charge is 0.451 e. The maximum atomic E-state index is 13.5. The van der Waals surface area contributed by atoms with Gasteiger partial charge in [-0.05, 0) is 24.5 Å². The van der Waals surface area contributed by atoms with Gasteiger partial charge >= 0.3 is 5.97 Å². The van der Waals surface area contributed by atoms with Gasteiger partial charge in [-0.25, -0.2) is 22.9 Å².